The van der Waals surface area contributed by atoms with Crippen molar-refractivity contribution in [1.29, 1.82) is 0 Å². The van der Waals surface area contributed by atoms with Crippen molar-refractivity contribution in [3.05, 3.63) is 113 Å². The molecule has 5 atom stereocenters. The fourth-order valence-electron chi connectivity index (χ4n) is 4.07. The molecule has 7 nitrogen and oxygen atoms in total. The van der Waals surface area contributed by atoms with E-state index in [1.54, 1.807) is 30.3 Å². The molecule has 1 saturated heterocycles. The van der Waals surface area contributed by atoms with Crippen LogP contribution in [0.4, 0.5) is 0 Å². The summed E-state index contributed by atoms with van der Waals surface area (Å²) in [7, 11) is -2.04. The quantitative estimate of drug-likeness (QED) is 0.347. The summed E-state index contributed by atoms with van der Waals surface area (Å²) in [5.41, 5.74) is 1.93. The number of thioether (sulfide) groups is 1. The van der Waals surface area contributed by atoms with Gasteiger partial charge in [0.2, 0.25) is 0 Å². The number of sulfone groups is 1. The Morgan fingerprint density at radius 1 is 0.842 bits per heavy atom. The molecule has 1 aliphatic heterocycles. The topological polar surface area (TPSA) is 91.3 Å². The smallest absolute Gasteiger partial charge is 0.200 e. The number of methoxy groups -OCH3 is 1. The van der Waals surface area contributed by atoms with Gasteiger partial charge in [-0.15, -0.1) is 11.8 Å². The molecule has 4 rings (SSSR count). The number of rotatable bonds is 12. The molecular weight excluding hydrogens is 524 g/mol. The number of aliphatic hydroxyl groups excluding tert-OH is 1. The van der Waals surface area contributed by atoms with E-state index in [1.807, 2.05) is 60.7 Å². The van der Waals surface area contributed by atoms with Gasteiger partial charge in [0, 0.05) is 18.3 Å². The van der Waals surface area contributed by atoms with Crippen LogP contribution in [0.15, 0.2) is 107 Å². The minimum atomic E-state index is -3.56. The summed E-state index contributed by atoms with van der Waals surface area (Å²) in [4.78, 5) is 0.220. The van der Waals surface area contributed by atoms with Crippen LogP contribution >= 0.6 is 11.8 Å². The van der Waals surface area contributed by atoms with E-state index < -0.39 is 40.5 Å². The molecule has 0 aliphatic carbocycles. The zero-order chi connectivity index (χ0) is 26.8. The van der Waals surface area contributed by atoms with E-state index in [0.29, 0.717) is 12.4 Å². The van der Waals surface area contributed by atoms with Crippen LogP contribution in [0, 0.1) is 0 Å². The van der Waals surface area contributed by atoms with Gasteiger partial charge >= 0.3 is 0 Å². The molecule has 1 N–H and O–H groups in total. The van der Waals surface area contributed by atoms with Crippen LogP contribution in [0.2, 0.25) is 0 Å². The van der Waals surface area contributed by atoms with E-state index in [0.717, 1.165) is 16.5 Å². The lowest BCUT2D eigenvalue weighted by atomic mass is 9.99. The Kier molecular flexibility index (Phi) is 10.5. The third kappa shape index (κ3) is 7.77. The average Bonchev–Trinajstić information content (AvgIpc) is 2.96. The van der Waals surface area contributed by atoms with Gasteiger partial charge in [0.25, 0.3) is 0 Å². The summed E-state index contributed by atoms with van der Waals surface area (Å²) < 4.78 is 49.1. The Hall–Kier alpha value is -2.50. The van der Waals surface area contributed by atoms with Crippen molar-refractivity contribution >= 4 is 21.6 Å². The minimum Gasteiger partial charge on any atom is -0.388 e. The second-order valence-electron chi connectivity index (χ2n) is 8.76. The second kappa shape index (κ2) is 14.0. The standard InChI is InChI=1S/C29H32O7S2/c1-33-29-28(35-20-23-13-7-3-8-14-23)27(34-19-22-11-5-2-6-12-22)26(30)25(36-29)21-37-17-18-38(31,32)24-15-9-4-10-16-24/h2-18,25-30H,19-21H2,1H3/b18-17-/t25-,26-,27+,28-,29-/m1/s1. The summed E-state index contributed by atoms with van der Waals surface area (Å²) in [5, 5.41) is 13.9. The molecule has 0 saturated carbocycles. The third-order valence-corrected chi connectivity index (χ3v) is 8.53. The normalized spacial score (nSPS) is 24.0. The van der Waals surface area contributed by atoms with Crippen LogP contribution in [-0.2, 0) is 42.0 Å². The van der Waals surface area contributed by atoms with Crippen molar-refractivity contribution in [3.63, 3.8) is 0 Å². The lowest BCUT2D eigenvalue weighted by Crippen LogP contribution is -2.60. The highest BCUT2D eigenvalue weighted by Gasteiger charge is 2.47. The molecule has 0 radical (unpaired) electrons. The fourth-order valence-corrected chi connectivity index (χ4v) is 6.24. The van der Waals surface area contributed by atoms with Crippen LogP contribution in [-0.4, -0.2) is 57.1 Å². The summed E-state index contributed by atoms with van der Waals surface area (Å²) in [5.74, 6) is 0.290. The summed E-state index contributed by atoms with van der Waals surface area (Å²) in [6, 6.07) is 27.6. The molecule has 3 aromatic carbocycles. The van der Waals surface area contributed by atoms with Crippen molar-refractivity contribution in [2.45, 2.75) is 48.8 Å². The molecular formula is C29H32O7S2. The molecule has 1 fully saturated rings. The van der Waals surface area contributed by atoms with Gasteiger partial charge in [-0.3, -0.25) is 0 Å². The first-order chi connectivity index (χ1) is 18.5. The van der Waals surface area contributed by atoms with Crippen molar-refractivity contribution in [2.75, 3.05) is 12.9 Å². The van der Waals surface area contributed by atoms with Gasteiger partial charge < -0.3 is 24.1 Å². The zero-order valence-corrected chi connectivity index (χ0v) is 22.7. The van der Waals surface area contributed by atoms with Crippen molar-refractivity contribution in [2.24, 2.45) is 0 Å². The Bertz CT molecular complexity index is 1240. The van der Waals surface area contributed by atoms with Crippen LogP contribution in [0.1, 0.15) is 11.1 Å². The van der Waals surface area contributed by atoms with Gasteiger partial charge in [0.05, 0.1) is 24.2 Å². The maximum absolute atomic E-state index is 12.5. The highest BCUT2D eigenvalue weighted by Crippen LogP contribution is 2.30. The lowest BCUT2D eigenvalue weighted by molar-refractivity contribution is -0.306. The SMILES string of the molecule is CO[C@@H]1O[C@H](CS/C=C\S(=O)(=O)c2ccccc2)[C@@H](O)[C@H](OCc2ccccc2)[C@H]1OCc1ccccc1. The maximum atomic E-state index is 12.5. The first kappa shape index (κ1) is 28.5. The van der Waals surface area contributed by atoms with E-state index in [4.69, 9.17) is 18.9 Å². The molecule has 1 heterocycles. The molecule has 38 heavy (non-hydrogen) atoms. The van der Waals surface area contributed by atoms with Crippen LogP contribution in [0.5, 0.6) is 0 Å². The zero-order valence-electron chi connectivity index (χ0n) is 21.0. The first-order valence-electron chi connectivity index (χ1n) is 12.2. The first-order valence-corrected chi connectivity index (χ1v) is 14.8. The number of hydrogen-bond donors (Lipinski definition) is 1. The summed E-state index contributed by atoms with van der Waals surface area (Å²) in [6.07, 6.45) is -3.91. The molecule has 0 unspecified atom stereocenters. The van der Waals surface area contributed by atoms with Crippen LogP contribution < -0.4 is 0 Å². The maximum Gasteiger partial charge on any atom is 0.200 e. The van der Waals surface area contributed by atoms with E-state index in [1.165, 1.54) is 24.3 Å². The monoisotopic (exact) mass is 556 g/mol. The van der Waals surface area contributed by atoms with Crippen molar-refractivity contribution < 1.29 is 32.5 Å². The highest BCUT2D eigenvalue weighted by molar-refractivity contribution is 8.03. The highest BCUT2D eigenvalue weighted by atomic mass is 32.2. The van der Waals surface area contributed by atoms with E-state index in [-0.39, 0.29) is 11.5 Å². The van der Waals surface area contributed by atoms with E-state index in [9.17, 15) is 13.5 Å². The average molecular weight is 557 g/mol. The molecule has 1 aliphatic rings. The second-order valence-corrected chi connectivity index (χ2v) is 11.5. The Morgan fingerprint density at radius 2 is 1.37 bits per heavy atom. The van der Waals surface area contributed by atoms with Crippen LogP contribution in [0.25, 0.3) is 0 Å². The predicted octanol–water partition coefficient (Wildman–Crippen LogP) is 4.57. The Labute approximate surface area is 228 Å². The molecule has 0 bridgehead atoms. The van der Waals surface area contributed by atoms with Gasteiger partial charge in [-0.2, -0.15) is 0 Å². The number of ether oxygens (including phenoxy) is 4. The summed E-state index contributed by atoms with van der Waals surface area (Å²) in [6.45, 7) is 0.575. The number of hydrogen-bond acceptors (Lipinski definition) is 8. The molecule has 0 spiro atoms. The van der Waals surface area contributed by atoms with Gasteiger partial charge in [-0.1, -0.05) is 78.9 Å². The Morgan fingerprint density at radius 3 is 1.92 bits per heavy atom. The summed E-state index contributed by atoms with van der Waals surface area (Å²) >= 11 is 1.23. The number of benzene rings is 3. The minimum absolute atomic E-state index is 0.220. The molecule has 0 amide bonds. The third-order valence-electron chi connectivity index (χ3n) is 6.08. The molecule has 0 aromatic heterocycles. The van der Waals surface area contributed by atoms with Gasteiger partial charge in [-0.05, 0) is 28.7 Å². The lowest BCUT2D eigenvalue weighted by Gasteiger charge is -2.43. The largest absolute Gasteiger partial charge is 0.388 e. The molecule has 202 valence electrons. The van der Waals surface area contributed by atoms with E-state index >= 15 is 0 Å². The fraction of sp³-hybridized carbons (Fsp3) is 0.310. The predicted molar refractivity (Wildman–Crippen MR) is 147 cm³/mol. The number of aliphatic hydroxyl groups is 1. The molecule has 9 heteroatoms. The van der Waals surface area contributed by atoms with E-state index in [2.05, 4.69) is 0 Å². The van der Waals surface area contributed by atoms with Crippen LogP contribution in [0.3, 0.4) is 0 Å². The molecule has 3 aromatic rings. The van der Waals surface area contributed by atoms with Crippen molar-refractivity contribution in [1.82, 2.24) is 0 Å². The van der Waals surface area contributed by atoms with Gasteiger partial charge in [-0.25, -0.2) is 8.42 Å². The van der Waals surface area contributed by atoms with Crippen molar-refractivity contribution in [3.8, 4) is 0 Å². The van der Waals surface area contributed by atoms with Gasteiger partial charge in [0.1, 0.15) is 18.3 Å². The Balaban J connectivity index is 1.45. The van der Waals surface area contributed by atoms with Gasteiger partial charge in [0.15, 0.2) is 16.1 Å².